The first-order chi connectivity index (χ1) is 13.1. The number of nitrogens with one attached hydrogen (secondary N) is 1. The molecule has 1 N–H and O–H groups in total. The molecule has 27 heavy (non-hydrogen) atoms. The van der Waals surface area contributed by atoms with Crippen molar-refractivity contribution in [2.75, 3.05) is 4.90 Å². The summed E-state index contributed by atoms with van der Waals surface area (Å²) in [6.45, 7) is 1.54. The number of hydrogen-bond acceptors (Lipinski definition) is 3. The molecule has 0 unspecified atom stereocenters. The minimum Gasteiger partial charge on any atom is -0.373 e. The predicted octanol–water partition coefficient (Wildman–Crippen LogP) is 3.35. The van der Waals surface area contributed by atoms with Crippen molar-refractivity contribution in [1.82, 2.24) is 5.32 Å². The Bertz CT molecular complexity index is 699. The number of benzene rings is 1. The van der Waals surface area contributed by atoms with Crippen LogP contribution < -0.4 is 10.2 Å². The van der Waals surface area contributed by atoms with E-state index < -0.39 is 6.04 Å². The lowest BCUT2D eigenvalue weighted by molar-refractivity contribution is -0.128. The Morgan fingerprint density at radius 2 is 1.74 bits per heavy atom. The van der Waals surface area contributed by atoms with Crippen LogP contribution in [0.3, 0.4) is 0 Å². The molecule has 5 heteroatoms. The van der Waals surface area contributed by atoms with Crippen molar-refractivity contribution in [1.29, 1.82) is 0 Å². The van der Waals surface area contributed by atoms with Gasteiger partial charge < -0.3 is 10.1 Å². The molecule has 2 saturated carbocycles. The monoisotopic (exact) mass is 370 g/mol. The number of fused-ring (bicyclic) bond motifs is 1. The first-order valence-corrected chi connectivity index (χ1v) is 10.5. The summed E-state index contributed by atoms with van der Waals surface area (Å²) in [6, 6.07) is 7.42. The molecule has 2 amide bonds. The van der Waals surface area contributed by atoms with Crippen molar-refractivity contribution in [3.63, 3.8) is 0 Å². The molecule has 3 aliphatic rings. The van der Waals surface area contributed by atoms with Gasteiger partial charge in [0.25, 0.3) is 0 Å². The Labute approximate surface area is 161 Å². The number of carbonyl (C=O) groups is 2. The number of anilines is 1. The van der Waals surface area contributed by atoms with Gasteiger partial charge in [0, 0.05) is 19.0 Å². The summed E-state index contributed by atoms with van der Waals surface area (Å²) >= 11 is 0. The van der Waals surface area contributed by atoms with Crippen LogP contribution in [-0.2, 0) is 20.7 Å². The van der Waals surface area contributed by atoms with E-state index in [0.29, 0.717) is 12.5 Å². The molecule has 1 heterocycles. The van der Waals surface area contributed by atoms with Crippen molar-refractivity contribution < 1.29 is 14.3 Å². The van der Waals surface area contributed by atoms with Gasteiger partial charge in [0.2, 0.25) is 11.8 Å². The van der Waals surface area contributed by atoms with Crippen LogP contribution in [0.1, 0.15) is 63.9 Å². The van der Waals surface area contributed by atoms with Gasteiger partial charge in [-0.15, -0.1) is 0 Å². The minimum atomic E-state index is -0.450. The van der Waals surface area contributed by atoms with Crippen LogP contribution in [0.5, 0.6) is 0 Å². The first kappa shape index (κ1) is 18.5. The molecule has 5 nitrogen and oxygen atoms in total. The summed E-state index contributed by atoms with van der Waals surface area (Å²) in [5.74, 6) is -0.129. The summed E-state index contributed by atoms with van der Waals surface area (Å²) in [5.41, 5.74) is 1.93. The first-order valence-electron chi connectivity index (χ1n) is 10.5. The number of amides is 2. The van der Waals surface area contributed by atoms with Gasteiger partial charge in [0.15, 0.2) is 0 Å². The molecule has 0 bridgehead atoms. The molecule has 2 fully saturated rings. The van der Waals surface area contributed by atoms with E-state index in [-0.39, 0.29) is 24.0 Å². The van der Waals surface area contributed by atoms with E-state index in [1.54, 1.807) is 4.90 Å². The summed E-state index contributed by atoms with van der Waals surface area (Å²) in [7, 11) is 0. The van der Waals surface area contributed by atoms with E-state index in [2.05, 4.69) is 5.32 Å². The number of hydrogen-bond donors (Lipinski definition) is 1. The summed E-state index contributed by atoms with van der Waals surface area (Å²) in [4.78, 5) is 27.0. The fourth-order valence-corrected chi connectivity index (χ4v) is 4.96. The SMILES string of the molecule is CC(=O)N1c2ccccc2C[C@H]1C(=O)N[C@@H]1CCCC[C@@H]1OC1CCCC1. The molecule has 1 aromatic carbocycles. The van der Waals surface area contributed by atoms with E-state index in [1.165, 1.54) is 19.8 Å². The summed E-state index contributed by atoms with van der Waals surface area (Å²) < 4.78 is 6.37. The molecule has 0 aromatic heterocycles. The van der Waals surface area contributed by atoms with Crippen LogP contribution in [0.25, 0.3) is 0 Å². The van der Waals surface area contributed by atoms with E-state index in [4.69, 9.17) is 4.74 Å². The lowest BCUT2D eigenvalue weighted by atomic mass is 9.91. The molecule has 3 atom stereocenters. The third-order valence-electron chi connectivity index (χ3n) is 6.32. The normalized spacial score (nSPS) is 28.2. The minimum absolute atomic E-state index is 0.0479. The number of nitrogens with zero attached hydrogens (tertiary/aromatic N) is 1. The second-order valence-corrected chi connectivity index (χ2v) is 8.22. The van der Waals surface area contributed by atoms with Crippen molar-refractivity contribution in [3.8, 4) is 0 Å². The molecule has 1 aromatic rings. The van der Waals surface area contributed by atoms with E-state index >= 15 is 0 Å². The molecule has 2 aliphatic carbocycles. The van der Waals surface area contributed by atoms with E-state index in [0.717, 1.165) is 49.8 Å². The highest BCUT2D eigenvalue weighted by Crippen LogP contribution is 2.33. The maximum absolute atomic E-state index is 13.1. The second kappa shape index (κ2) is 8.01. The van der Waals surface area contributed by atoms with Crippen LogP contribution >= 0.6 is 0 Å². The second-order valence-electron chi connectivity index (χ2n) is 8.22. The zero-order valence-electron chi connectivity index (χ0n) is 16.2. The van der Waals surface area contributed by atoms with Crippen LogP contribution in [0.15, 0.2) is 24.3 Å². The van der Waals surface area contributed by atoms with Crippen molar-refractivity contribution in [3.05, 3.63) is 29.8 Å². The highest BCUT2D eigenvalue weighted by atomic mass is 16.5. The fourth-order valence-electron chi connectivity index (χ4n) is 4.96. The smallest absolute Gasteiger partial charge is 0.243 e. The van der Waals surface area contributed by atoms with Crippen LogP contribution in [0, 0.1) is 0 Å². The highest BCUT2D eigenvalue weighted by molar-refractivity contribution is 6.02. The van der Waals surface area contributed by atoms with Gasteiger partial charge in [-0.2, -0.15) is 0 Å². The molecule has 146 valence electrons. The van der Waals surface area contributed by atoms with Gasteiger partial charge in [0.1, 0.15) is 6.04 Å². The Morgan fingerprint density at radius 3 is 2.52 bits per heavy atom. The maximum atomic E-state index is 13.1. The average Bonchev–Trinajstić information content (AvgIpc) is 3.30. The van der Waals surface area contributed by atoms with Crippen LogP contribution in [0.4, 0.5) is 5.69 Å². The molecule has 4 rings (SSSR count). The standard InChI is InChI=1S/C22H30N2O3/c1-15(25)24-19-12-6-2-8-16(19)14-20(24)22(26)23-18-11-5-7-13-21(18)27-17-9-3-4-10-17/h2,6,8,12,17-18,20-21H,3-5,7,9-11,13-14H2,1H3,(H,23,26)/t18-,20+,21+/m1/s1. The third kappa shape index (κ3) is 3.88. The van der Waals surface area contributed by atoms with Gasteiger partial charge in [0.05, 0.1) is 18.2 Å². The van der Waals surface area contributed by atoms with Gasteiger partial charge in [-0.25, -0.2) is 0 Å². The highest BCUT2D eigenvalue weighted by Gasteiger charge is 2.39. The zero-order valence-corrected chi connectivity index (χ0v) is 16.2. The van der Waals surface area contributed by atoms with Crippen LogP contribution in [-0.4, -0.2) is 36.1 Å². The largest absolute Gasteiger partial charge is 0.373 e. The van der Waals surface area contributed by atoms with Gasteiger partial charge >= 0.3 is 0 Å². The van der Waals surface area contributed by atoms with Gasteiger partial charge in [-0.05, 0) is 37.3 Å². The van der Waals surface area contributed by atoms with Gasteiger partial charge in [-0.1, -0.05) is 43.9 Å². The molecule has 0 spiro atoms. The summed E-state index contributed by atoms with van der Waals surface area (Å²) in [5, 5.41) is 3.25. The number of rotatable bonds is 4. The lowest BCUT2D eigenvalue weighted by Crippen LogP contribution is -2.54. The lowest BCUT2D eigenvalue weighted by Gasteiger charge is -2.35. The fraction of sp³-hybridized carbons (Fsp3) is 0.636. The van der Waals surface area contributed by atoms with E-state index in [9.17, 15) is 9.59 Å². The predicted molar refractivity (Wildman–Crippen MR) is 105 cm³/mol. The maximum Gasteiger partial charge on any atom is 0.243 e. The Morgan fingerprint density at radius 1 is 1.04 bits per heavy atom. The van der Waals surface area contributed by atoms with Crippen molar-refractivity contribution >= 4 is 17.5 Å². The molecule has 1 aliphatic heterocycles. The third-order valence-corrected chi connectivity index (χ3v) is 6.32. The quantitative estimate of drug-likeness (QED) is 0.884. The Hall–Kier alpha value is -1.88. The Balaban J connectivity index is 1.45. The van der Waals surface area contributed by atoms with E-state index in [1.807, 2.05) is 24.3 Å². The van der Waals surface area contributed by atoms with Crippen molar-refractivity contribution in [2.45, 2.75) is 89.0 Å². The van der Waals surface area contributed by atoms with Crippen molar-refractivity contribution in [2.24, 2.45) is 0 Å². The molecular formula is C22H30N2O3. The number of carbonyl (C=O) groups excluding carboxylic acids is 2. The van der Waals surface area contributed by atoms with Crippen LogP contribution in [0.2, 0.25) is 0 Å². The summed E-state index contributed by atoms with van der Waals surface area (Å²) in [6.07, 6.45) is 10.1. The zero-order chi connectivity index (χ0) is 18.8. The number of ether oxygens (including phenoxy) is 1. The Kier molecular flexibility index (Phi) is 5.48. The molecule has 0 radical (unpaired) electrons. The van der Waals surface area contributed by atoms with Gasteiger partial charge in [-0.3, -0.25) is 14.5 Å². The molecule has 0 saturated heterocycles. The average molecular weight is 370 g/mol. The number of para-hydroxylation sites is 1. The topological polar surface area (TPSA) is 58.6 Å². The molecular weight excluding hydrogens is 340 g/mol.